The van der Waals surface area contributed by atoms with E-state index in [-0.39, 0.29) is 0 Å². The molecule has 0 bridgehead atoms. The van der Waals surface area contributed by atoms with E-state index < -0.39 is 0 Å². The maximum atomic E-state index is 5.04. The Morgan fingerprint density at radius 2 is 1.90 bits per heavy atom. The molecule has 2 heteroatoms. The average molecular weight is 143 g/mol. The molecule has 0 aliphatic heterocycles. The lowest BCUT2D eigenvalue weighted by Crippen LogP contribution is -2.27. The summed E-state index contributed by atoms with van der Waals surface area (Å²) in [6.07, 6.45) is 6.65. The molecule has 1 aliphatic rings. The largest absolute Gasteiger partial charge is 0.304 e. The summed E-state index contributed by atoms with van der Waals surface area (Å²) >= 11 is 0. The highest BCUT2D eigenvalue weighted by Crippen LogP contribution is 2.35. The topological polar surface area (TPSA) is 35.2 Å². The first kappa shape index (κ1) is 8.02. The Labute approximate surface area is 62.7 Å². The maximum Gasteiger partial charge on any atom is 0.0732 e. The van der Waals surface area contributed by atoms with Crippen LogP contribution in [-0.4, -0.2) is 6.61 Å². The van der Waals surface area contributed by atoms with Crippen molar-refractivity contribution in [2.75, 3.05) is 6.61 Å². The van der Waals surface area contributed by atoms with E-state index in [2.05, 4.69) is 11.8 Å². The van der Waals surface area contributed by atoms with E-state index in [1.54, 1.807) is 0 Å². The molecule has 0 radical (unpaired) electrons. The molecule has 0 spiro atoms. The lowest BCUT2D eigenvalue weighted by Gasteiger charge is -2.32. The third-order valence-corrected chi connectivity index (χ3v) is 2.49. The molecule has 1 aliphatic carbocycles. The summed E-state index contributed by atoms with van der Waals surface area (Å²) in [6, 6.07) is 0. The van der Waals surface area contributed by atoms with Gasteiger partial charge in [0.05, 0.1) is 6.61 Å². The second-order valence-electron chi connectivity index (χ2n) is 3.68. The van der Waals surface area contributed by atoms with Gasteiger partial charge in [-0.15, -0.1) is 0 Å². The standard InChI is InChI=1S/C8H17NO/c1-8(7-10-9)5-3-2-4-6-8/h2-7,9H2,1H3. The quantitative estimate of drug-likeness (QED) is 0.599. The first-order chi connectivity index (χ1) is 4.77. The number of hydrogen-bond acceptors (Lipinski definition) is 2. The summed E-state index contributed by atoms with van der Waals surface area (Å²) < 4.78 is 0. The highest BCUT2D eigenvalue weighted by atomic mass is 16.6. The summed E-state index contributed by atoms with van der Waals surface area (Å²) in [4.78, 5) is 4.68. The van der Waals surface area contributed by atoms with E-state index in [4.69, 9.17) is 5.90 Å². The van der Waals surface area contributed by atoms with Crippen molar-refractivity contribution in [3.63, 3.8) is 0 Å². The Morgan fingerprint density at radius 1 is 1.30 bits per heavy atom. The molecule has 0 aromatic carbocycles. The normalized spacial score (nSPS) is 24.6. The lowest BCUT2D eigenvalue weighted by atomic mass is 9.76. The van der Waals surface area contributed by atoms with Crippen LogP contribution in [0, 0.1) is 5.41 Å². The van der Waals surface area contributed by atoms with Crippen LogP contribution in [0.5, 0.6) is 0 Å². The van der Waals surface area contributed by atoms with E-state index in [0.717, 1.165) is 6.61 Å². The molecule has 2 nitrogen and oxygen atoms in total. The van der Waals surface area contributed by atoms with Gasteiger partial charge in [-0.05, 0) is 18.3 Å². The van der Waals surface area contributed by atoms with Gasteiger partial charge in [0.2, 0.25) is 0 Å². The molecule has 1 rings (SSSR count). The molecule has 1 saturated carbocycles. The minimum atomic E-state index is 0.382. The van der Waals surface area contributed by atoms with Gasteiger partial charge in [-0.3, -0.25) is 0 Å². The van der Waals surface area contributed by atoms with Crippen LogP contribution < -0.4 is 5.90 Å². The van der Waals surface area contributed by atoms with Crippen molar-refractivity contribution in [3.05, 3.63) is 0 Å². The van der Waals surface area contributed by atoms with Gasteiger partial charge in [-0.2, -0.15) is 0 Å². The van der Waals surface area contributed by atoms with Gasteiger partial charge in [-0.25, -0.2) is 5.90 Å². The molecular weight excluding hydrogens is 126 g/mol. The second-order valence-corrected chi connectivity index (χ2v) is 3.68. The SMILES string of the molecule is CC1(CON)CCCCC1. The molecule has 0 saturated heterocycles. The maximum absolute atomic E-state index is 5.04. The number of rotatable bonds is 2. The summed E-state index contributed by atoms with van der Waals surface area (Å²) in [6.45, 7) is 2.99. The van der Waals surface area contributed by atoms with Crippen LogP contribution in [0.2, 0.25) is 0 Å². The summed E-state index contributed by atoms with van der Waals surface area (Å²) in [5, 5.41) is 0. The molecule has 2 N–H and O–H groups in total. The molecular formula is C8H17NO. The molecule has 1 fully saturated rings. The Bertz CT molecular complexity index is 91.9. The van der Waals surface area contributed by atoms with Crippen molar-refractivity contribution >= 4 is 0 Å². The monoisotopic (exact) mass is 143 g/mol. The van der Waals surface area contributed by atoms with Gasteiger partial charge < -0.3 is 4.84 Å². The van der Waals surface area contributed by atoms with Crippen LogP contribution in [0.3, 0.4) is 0 Å². The fraction of sp³-hybridized carbons (Fsp3) is 1.00. The molecule has 0 aromatic rings. The molecule has 0 atom stereocenters. The predicted octanol–water partition coefficient (Wildman–Crippen LogP) is 1.85. The van der Waals surface area contributed by atoms with Crippen molar-refractivity contribution in [2.24, 2.45) is 11.3 Å². The fourth-order valence-electron chi connectivity index (χ4n) is 1.75. The van der Waals surface area contributed by atoms with Gasteiger partial charge in [0, 0.05) is 0 Å². The Kier molecular flexibility index (Phi) is 2.69. The van der Waals surface area contributed by atoms with Crippen molar-refractivity contribution in [1.82, 2.24) is 0 Å². The van der Waals surface area contributed by atoms with Gasteiger partial charge >= 0.3 is 0 Å². The molecule has 60 valence electrons. The number of nitrogens with two attached hydrogens (primary N) is 1. The minimum absolute atomic E-state index is 0.382. The predicted molar refractivity (Wildman–Crippen MR) is 41.3 cm³/mol. The second kappa shape index (κ2) is 3.35. The Hall–Kier alpha value is -0.0800. The lowest BCUT2D eigenvalue weighted by molar-refractivity contribution is 0.0310. The number of hydrogen-bond donors (Lipinski definition) is 1. The average Bonchev–Trinajstić information content (AvgIpc) is 1.89. The zero-order valence-electron chi connectivity index (χ0n) is 6.73. The van der Waals surface area contributed by atoms with Crippen molar-refractivity contribution in [1.29, 1.82) is 0 Å². The molecule has 0 amide bonds. The minimum Gasteiger partial charge on any atom is -0.304 e. The molecule has 0 aromatic heterocycles. The third-order valence-electron chi connectivity index (χ3n) is 2.49. The van der Waals surface area contributed by atoms with Crippen LogP contribution in [0.15, 0.2) is 0 Å². The van der Waals surface area contributed by atoms with Crippen LogP contribution in [0.4, 0.5) is 0 Å². The third kappa shape index (κ3) is 1.96. The Morgan fingerprint density at radius 3 is 2.40 bits per heavy atom. The zero-order chi connectivity index (χ0) is 7.45. The Balaban J connectivity index is 2.32. The van der Waals surface area contributed by atoms with Crippen LogP contribution >= 0.6 is 0 Å². The van der Waals surface area contributed by atoms with Crippen LogP contribution in [0.1, 0.15) is 39.0 Å². The van der Waals surface area contributed by atoms with E-state index in [1.807, 2.05) is 0 Å². The van der Waals surface area contributed by atoms with Crippen LogP contribution in [-0.2, 0) is 4.84 Å². The molecule has 10 heavy (non-hydrogen) atoms. The van der Waals surface area contributed by atoms with E-state index in [1.165, 1.54) is 32.1 Å². The summed E-state index contributed by atoms with van der Waals surface area (Å²) in [5.41, 5.74) is 0.382. The molecule has 0 heterocycles. The van der Waals surface area contributed by atoms with Crippen molar-refractivity contribution < 1.29 is 4.84 Å². The van der Waals surface area contributed by atoms with Crippen molar-refractivity contribution in [3.8, 4) is 0 Å². The summed E-state index contributed by atoms with van der Waals surface area (Å²) in [5.74, 6) is 5.04. The zero-order valence-corrected chi connectivity index (χ0v) is 6.73. The van der Waals surface area contributed by atoms with Gasteiger partial charge in [0.25, 0.3) is 0 Å². The smallest absolute Gasteiger partial charge is 0.0732 e. The highest BCUT2D eigenvalue weighted by Gasteiger charge is 2.26. The van der Waals surface area contributed by atoms with Gasteiger partial charge in [-0.1, -0.05) is 26.2 Å². The fourth-order valence-corrected chi connectivity index (χ4v) is 1.75. The first-order valence-electron chi connectivity index (χ1n) is 4.09. The van der Waals surface area contributed by atoms with Gasteiger partial charge in [0.1, 0.15) is 0 Å². The van der Waals surface area contributed by atoms with Gasteiger partial charge in [0.15, 0.2) is 0 Å². The summed E-state index contributed by atoms with van der Waals surface area (Å²) in [7, 11) is 0. The van der Waals surface area contributed by atoms with E-state index >= 15 is 0 Å². The van der Waals surface area contributed by atoms with E-state index in [0.29, 0.717) is 5.41 Å². The highest BCUT2D eigenvalue weighted by molar-refractivity contribution is 4.77. The van der Waals surface area contributed by atoms with Crippen LogP contribution in [0.25, 0.3) is 0 Å². The van der Waals surface area contributed by atoms with E-state index in [9.17, 15) is 0 Å². The van der Waals surface area contributed by atoms with Crippen molar-refractivity contribution in [2.45, 2.75) is 39.0 Å². The molecule has 0 unspecified atom stereocenters. The first-order valence-corrected chi connectivity index (χ1v) is 4.09.